The zero-order valence-corrected chi connectivity index (χ0v) is 15.1. The topological polar surface area (TPSA) is 123 Å². The maximum atomic E-state index is 12.5. The first-order valence-electron chi connectivity index (χ1n) is 7.13. The molecule has 0 amide bonds. The Morgan fingerprint density at radius 3 is 2.58 bits per heavy atom. The summed E-state index contributed by atoms with van der Waals surface area (Å²) in [6.45, 7) is 0. The summed E-state index contributed by atoms with van der Waals surface area (Å²) in [5.41, 5.74) is 2.29. The van der Waals surface area contributed by atoms with Crippen LogP contribution in [0.3, 0.4) is 0 Å². The third-order valence-corrected chi connectivity index (χ3v) is 4.62. The number of nitro benzene ring substituents is 1. The van der Waals surface area contributed by atoms with Crippen molar-refractivity contribution in [2.24, 2.45) is 5.10 Å². The molecule has 2 N–H and O–H groups in total. The number of nitrogens with one attached hydrogen (secondary N) is 2. The second-order valence-electron chi connectivity index (χ2n) is 4.75. The lowest BCUT2D eigenvalue weighted by atomic mass is 10.2. The van der Waals surface area contributed by atoms with E-state index in [9.17, 15) is 18.5 Å². The van der Waals surface area contributed by atoms with Gasteiger partial charge >= 0.3 is 10.1 Å². The molecule has 0 aromatic heterocycles. The first-order chi connectivity index (χ1) is 12.3. The predicted octanol–water partition coefficient (Wildman–Crippen LogP) is 1.79. The van der Waals surface area contributed by atoms with E-state index in [1.54, 1.807) is 25.2 Å². The van der Waals surface area contributed by atoms with Crippen molar-refractivity contribution < 1.29 is 17.5 Å². The molecule has 0 saturated heterocycles. The molecule has 0 spiro atoms. The van der Waals surface area contributed by atoms with E-state index in [-0.39, 0.29) is 10.9 Å². The lowest BCUT2D eigenvalue weighted by Gasteiger charge is -2.09. The fourth-order valence-electron chi connectivity index (χ4n) is 1.86. The summed E-state index contributed by atoms with van der Waals surface area (Å²) in [5.74, 6) is -0.0356. The first-order valence-corrected chi connectivity index (χ1v) is 8.94. The number of thiocarbonyl (C=S) groups is 1. The standard InChI is InChI=1S/C15H14N4O5S2/c1-16-15(25)18-17-10-11-6-2-4-8-13(11)24-26(22,23)14-9-5-3-7-12(14)19(20)21/h2-10H,1H3,(H2,16,18,25)/b17-10+. The first kappa shape index (κ1) is 19.3. The van der Waals surface area contributed by atoms with Crippen molar-refractivity contribution in [2.75, 3.05) is 7.05 Å². The summed E-state index contributed by atoms with van der Waals surface area (Å²) in [6, 6.07) is 11.1. The van der Waals surface area contributed by atoms with Crippen LogP contribution in [0.1, 0.15) is 5.56 Å². The second-order valence-corrected chi connectivity index (χ2v) is 6.67. The van der Waals surface area contributed by atoms with Crippen molar-refractivity contribution in [1.82, 2.24) is 10.7 Å². The number of rotatable bonds is 6. The molecule has 11 heteroatoms. The van der Waals surface area contributed by atoms with Gasteiger partial charge < -0.3 is 9.50 Å². The molecule has 0 bridgehead atoms. The molecule has 2 aromatic rings. The van der Waals surface area contributed by atoms with Crippen LogP contribution in [0.25, 0.3) is 0 Å². The highest BCUT2D eigenvalue weighted by Gasteiger charge is 2.27. The molecule has 0 aliphatic rings. The van der Waals surface area contributed by atoms with Gasteiger partial charge in [-0.1, -0.05) is 24.3 Å². The molecular weight excluding hydrogens is 380 g/mol. The van der Waals surface area contributed by atoms with Gasteiger partial charge in [0, 0.05) is 18.7 Å². The normalized spacial score (nSPS) is 11.1. The van der Waals surface area contributed by atoms with Crippen LogP contribution in [0.4, 0.5) is 5.69 Å². The van der Waals surface area contributed by atoms with Crippen LogP contribution < -0.4 is 14.9 Å². The summed E-state index contributed by atoms with van der Waals surface area (Å²) in [6.07, 6.45) is 1.31. The van der Waals surface area contributed by atoms with E-state index in [2.05, 4.69) is 15.8 Å². The van der Waals surface area contributed by atoms with Crippen molar-refractivity contribution in [1.29, 1.82) is 0 Å². The Balaban J connectivity index is 2.34. The molecule has 0 atom stereocenters. The van der Waals surface area contributed by atoms with Gasteiger partial charge in [-0.15, -0.1) is 0 Å². The number of hydrogen-bond acceptors (Lipinski definition) is 7. The quantitative estimate of drug-likeness (QED) is 0.250. The summed E-state index contributed by atoms with van der Waals surface area (Å²) in [4.78, 5) is 9.74. The van der Waals surface area contributed by atoms with Gasteiger partial charge in [-0.3, -0.25) is 15.5 Å². The molecule has 2 aromatic carbocycles. The average molecular weight is 394 g/mol. The van der Waals surface area contributed by atoms with E-state index >= 15 is 0 Å². The fourth-order valence-corrected chi connectivity index (χ4v) is 3.04. The van der Waals surface area contributed by atoms with Crippen LogP contribution in [0.15, 0.2) is 58.5 Å². The number of hydrogen-bond donors (Lipinski definition) is 2. The van der Waals surface area contributed by atoms with Gasteiger partial charge in [0.05, 0.1) is 11.1 Å². The molecule has 0 heterocycles. The van der Waals surface area contributed by atoms with E-state index in [4.69, 9.17) is 16.4 Å². The Hall–Kier alpha value is -3.05. The minimum absolute atomic E-state index is 0.0356. The Kier molecular flexibility index (Phi) is 6.20. The van der Waals surface area contributed by atoms with Crippen molar-refractivity contribution in [2.45, 2.75) is 4.90 Å². The SMILES string of the molecule is CNC(=S)N/N=C/c1ccccc1OS(=O)(=O)c1ccccc1[N+](=O)[O-]. The van der Waals surface area contributed by atoms with Gasteiger partial charge in [-0.25, -0.2) is 0 Å². The molecule has 2 rings (SSSR count). The third kappa shape index (κ3) is 4.74. The molecule has 0 unspecified atom stereocenters. The van der Waals surface area contributed by atoms with Crippen LogP contribution >= 0.6 is 12.2 Å². The zero-order chi connectivity index (χ0) is 19.2. The third-order valence-electron chi connectivity index (χ3n) is 3.05. The van der Waals surface area contributed by atoms with Gasteiger partial charge in [0.25, 0.3) is 5.69 Å². The van der Waals surface area contributed by atoms with Crippen molar-refractivity contribution in [3.8, 4) is 5.75 Å². The lowest BCUT2D eigenvalue weighted by Crippen LogP contribution is -2.28. The summed E-state index contributed by atoms with van der Waals surface area (Å²) in [5, 5.41) is 17.8. The Labute approximate surface area is 155 Å². The average Bonchev–Trinajstić information content (AvgIpc) is 2.62. The number of nitro groups is 1. The maximum Gasteiger partial charge on any atom is 0.346 e. The highest BCUT2D eigenvalue weighted by Crippen LogP contribution is 2.27. The van der Waals surface area contributed by atoms with E-state index in [0.717, 1.165) is 12.1 Å². The largest absolute Gasteiger partial charge is 0.378 e. The Bertz CT molecular complexity index is 960. The Morgan fingerprint density at radius 2 is 1.88 bits per heavy atom. The van der Waals surface area contributed by atoms with Gasteiger partial charge in [0.2, 0.25) is 0 Å². The van der Waals surface area contributed by atoms with Crippen molar-refractivity contribution in [3.63, 3.8) is 0 Å². The van der Waals surface area contributed by atoms with E-state index < -0.39 is 25.6 Å². The molecule has 0 fully saturated rings. The number of nitrogens with zero attached hydrogens (tertiary/aromatic N) is 2. The summed E-state index contributed by atoms with van der Waals surface area (Å²) in [7, 11) is -2.81. The van der Waals surface area contributed by atoms with Crippen molar-refractivity contribution >= 4 is 39.4 Å². The summed E-state index contributed by atoms with van der Waals surface area (Å²) >= 11 is 4.87. The molecule has 0 radical (unpaired) electrons. The Morgan fingerprint density at radius 1 is 1.23 bits per heavy atom. The molecule has 0 saturated carbocycles. The number of hydrazone groups is 1. The number of benzene rings is 2. The minimum atomic E-state index is -4.42. The van der Waals surface area contributed by atoms with Crippen LogP contribution in [0.5, 0.6) is 5.75 Å². The zero-order valence-electron chi connectivity index (χ0n) is 13.4. The van der Waals surface area contributed by atoms with Crippen LogP contribution in [-0.4, -0.2) is 31.7 Å². The molecule has 26 heavy (non-hydrogen) atoms. The van der Waals surface area contributed by atoms with Gasteiger partial charge in [-0.2, -0.15) is 13.5 Å². The smallest absolute Gasteiger partial charge is 0.346 e. The van der Waals surface area contributed by atoms with Crippen LogP contribution in [-0.2, 0) is 10.1 Å². The van der Waals surface area contributed by atoms with Crippen molar-refractivity contribution in [3.05, 3.63) is 64.2 Å². The molecule has 136 valence electrons. The molecule has 9 nitrogen and oxygen atoms in total. The highest BCUT2D eigenvalue weighted by atomic mass is 32.2. The molecule has 0 aliphatic carbocycles. The highest BCUT2D eigenvalue weighted by molar-refractivity contribution is 7.87. The minimum Gasteiger partial charge on any atom is -0.378 e. The second kappa shape index (κ2) is 8.36. The monoisotopic (exact) mass is 394 g/mol. The predicted molar refractivity (Wildman–Crippen MR) is 99.7 cm³/mol. The van der Waals surface area contributed by atoms with Crippen LogP contribution in [0.2, 0.25) is 0 Å². The molecule has 0 aliphatic heterocycles. The van der Waals surface area contributed by atoms with Gasteiger partial charge in [-0.05, 0) is 30.4 Å². The lowest BCUT2D eigenvalue weighted by molar-refractivity contribution is -0.387. The van der Waals surface area contributed by atoms with E-state index in [1.807, 2.05) is 0 Å². The maximum absolute atomic E-state index is 12.5. The van der Waals surface area contributed by atoms with Gasteiger partial charge in [0.15, 0.2) is 15.8 Å². The molecular formula is C15H14N4O5S2. The summed E-state index contributed by atoms with van der Waals surface area (Å²) < 4.78 is 30.1. The number of para-hydroxylation sites is 2. The fraction of sp³-hybridized carbons (Fsp3) is 0.0667. The van der Waals surface area contributed by atoms with Crippen LogP contribution in [0, 0.1) is 10.1 Å². The van der Waals surface area contributed by atoms with E-state index in [0.29, 0.717) is 5.56 Å². The van der Waals surface area contributed by atoms with E-state index in [1.165, 1.54) is 24.4 Å². The van der Waals surface area contributed by atoms with Gasteiger partial charge in [0.1, 0.15) is 0 Å².